The molecule has 1 N–H and O–H groups in total. The molecule has 1 aliphatic heterocycles. The molecule has 0 radical (unpaired) electrons. The number of carbonyl (C=O) groups is 1. The lowest BCUT2D eigenvalue weighted by atomic mass is 10.2. The number of aliphatic hydroxyl groups is 1. The van der Waals surface area contributed by atoms with Crippen LogP contribution in [-0.2, 0) is 0 Å². The fourth-order valence-corrected chi connectivity index (χ4v) is 2.92. The van der Waals surface area contributed by atoms with E-state index in [-0.39, 0.29) is 12.5 Å². The summed E-state index contributed by atoms with van der Waals surface area (Å²) in [5.41, 5.74) is 0.730. The van der Waals surface area contributed by atoms with Crippen molar-refractivity contribution in [1.29, 1.82) is 0 Å². The van der Waals surface area contributed by atoms with E-state index in [1.165, 1.54) is 11.3 Å². The molecule has 0 aliphatic carbocycles. The quantitative estimate of drug-likeness (QED) is 0.853. The second-order valence-electron chi connectivity index (χ2n) is 4.70. The number of aliphatic hydroxyl groups excluding tert-OH is 1. The van der Waals surface area contributed by atoms with Crippen molar-refractivity contribution in [2.75, 3.05) is 39.3 Å². The SMILES string of the molecule is CCN1CCN(C(=O)c2csc(C#CCCO)c2)CC1. The first-order valence-corrected chi connectivity index (χ1v) is 7.82. The first-order valence-electron chi connectivity index (χ1n) is 6.94. The first-order chi connectivity index (χ1) is 9.74. The predicted molar refractivity (Wildman–Crippen MR) is 80.9 cm³/mol. The van der Waals surface area contributed by atoms with Crippen molar-refractivity contribution in [1.82, 2.24) is 9.80 Å². The van der Waals surface area contributed by atoms with Gasteiger partial charge in [0.15, 0.2) is 0 Å². The van der Waals surface area contributed by atoms with E-state index < -0.39 is 0 Å². The van der Waals surface area contributed by atoms with Crippen molar-refractivity contribution in [3.63, 3.8) is 0 Å². The molecule has 5 heteroatoms. The lowest BCUT2D eigenvalue weighted by Gasteiger charge is -2.33. The minimum absolute atomic E-state index is 0.0753. The van der Waals surface area contributed by atoms with Gasteiger partial charge in [-0.25, -0.2) is 0 Å². The molecule has 20 heavy (non-hydrogen) atoms. The summed E-state index contributed by atoms with van der Waals surface area (Å²) in [4.78, 5) is 17.5. The highest BCUT2D eigenvalue weighted by Gasteiger charge is 2.21. The van der Waals surface area contributed by atoms with E-state index >= 15 is 0 Å². The Morgan fingerprint density at radius 2 is 2.15 bits per heavy atom. The molecule has 1 aliphatic rings. The summed E-state index contributed by atoms with van der Waals surface area (Å²) in [6.45, 7) is 6.78. The lowest BCUT2D eigenvalue weighted by Crippen LogP contribution is -2.48. The number of amides is 1. The minimum Gasteiger partial charge on any atom is -0.395 e. The van der Waals surface area contributed by atoms with Gasteiger partial charge in [0.2, 0.25) is 0 Å². The van der Waals surface area contributed by atoms with E-state index in [0.29, 0.717) is 6.42 Å². The molecule has 2 rings (SSSR count). The van der Waals surface area contributed by atoms with E-state index in [2.05, 4.69) is 23.7 Å². The van der Waals surface area contributed by atoms with Gasteiger partial charge in [-0.2, -0.15) is 0 Å². The molecule has 0 aromatic carbocycles. The summed E-state index contributed by atoms with van der Waals surface area (Å²) in [5.74, 6) is 5.95. The number of nitrogens with zero attached hydrogens (tertiary/aromatic N) is 2. The van der Waals surface area contributed by atoms with Gasteiger partial charge in [0.1, 0.15) is 0 Å². The Hall–Kier alpha value is -1.35. The maximum absolute atomic E-state index is 12.4. The summed E-state index contributed by atoms with van der Waals surface area (Å²) in [5, 5.41) is 10.6. The molecule has 108 valence electrons. The van der Waals surface area contributed by atoms with Crippen LogP contribution in [0.25, 0.3) is 0 Å². The molecule has 4 nitrogen and oxygen atoms in total. The number of hydrogen-bond acceptors (Lipinski definition) is 4. The standard InChI is InChI=1S/C15H20N2O2S/c1-2-16-6-8-17(9-7-16)15(19)13-11-14(20-12-13)5-3-4-10-18/h11-12,18H,2,4,6-10H2,1H3. The van der Waals surface area contributed by atoms with E-state index in [4.69, 9.17) is 5.11 Å². The van der Waals surface area contributed by atoms with Gasteiger partial charge in [-0.05, 0) is 12.6 Å². The van der Waals surface area contributed by atoms with Gasteiger partial charge < -0.3 is 14.9 Å². The van der Waals surface area contributed by atoms with Crippen LogP contribution < -0.4 is 0 Å². The molecule has 1 fully saturated rings. The van der Waals surface area contributed by atoms with Crippen LogP contribution in [0, 0.1) is 11.8 Å². The molecular formula is C15H20N2O2S. The maximum atomic E-state index is 12.4. The molecule has 0 unspecified atom stereocenters. The lowest BCUT2D eigenvalue weighted by molar-refractivity contribution is 0.0644. The molecule has 2 heterocycles. The monoisotopic (exact) mass is 292 g/mol. The van der Waals surface area contributed by atoms with Gasteiger partial charge in [0, 0.05) is 38.0 Å². The molecular weight excluding hydrogens is 272 g/mol. The zero-order chi connectivity index (χ0) is 14.4. The second kappa shape index (κ2) is 7.44. The molecule has 0 atom stereocenters. The third kappa shape index (κ3) is 3.83. The molecule has 0 bridgehead atoms. The van der Waals surface area contributed by atoms with Crippen LogP contribution >= 0.6 is 11.3 Å². The third-order valence-corrected chi connectivity index (χ3v) is 4.25. The molecule has 0 saturated carbocycles. The summed E-state index contributed by atoms with van der Waals surface area (Å²) in [7, 11) is 0. The largest absolute Gasteiger partial charge is 0.395 e. The Morgan fingerprint density at radius 3 is 2.80 bits per heavy atom. The number of rotatable bonds is 3. The van der Waals surface area contributed by atoms with Crippen LogP contribution in [0.15, 0.2) is 11.4 Å². The Balaban J connectivity index is 1.95. The van der Waals surface area contributed by atoms with E-state index in [1.807, 2.05) is 16.3 Å². The average Bonchev–Trinajstić information content (AvgIpc) is 2.96. The van der Waals surface area contributed by atoms with Crippen molar-refractivity contribution in [2.45, 2.75) is 13.3 Å². The van der Waals surface area contributed by atoms with Gasteiger partial charge in [-0.1, -0.05) is 18.8 Å². The van der Waals surface area contributed by atoms with E-state index in [0.717, 1.165) is 43.2 Å². The van der Waals surface area contributed by atoms with Gasteiger partial charge in [-0.3, -0.25) is 4.79 Å². The maximum Gasteiger partial charge on any atom is 0.254 e. The Morgan fingerprint density at radius 1 is 1.40 bits per heavy atom. The van der Waals surface area contributed by atoms with Crippen molar-refractivity contribution < 1.29 is 9.90 Å². The third-order valence-electron chi connectivity index (χ3n) is 3.40. The van der Waals surface area contributed by atoms with Crippen molar-refractivity contribution in [3.8, 4) is 11.8 Å². The molecule has 1 aromatic heterocycles. The number of likely N-dealkylation sites (N-methyl/N-ethyl adjacent to an activating group) is 1. The topological polar surface area (TPSA) is 43.8 Å². The highest BCUT2D eigenvalue weighted by molar-refractivity contribution is 7.10. The Kier molecular flexibility index (Phi) is 5.60. The normalized spacial score (nSPS) is 15.8. The van der Waals surface area contributed by atoms with E-state index in [1.54, 1.807) is 0 Å². The van der Waals surface area contributed by atoms with Crippen LogP contribution in [0.1, 0.15) is 28.6 Å². The van der Waals surface area contributed by atoms with Gasteiger partial charge >= 0.3 is 0 Å². The van der Waals surface area contributed by atoms with Crippen molar-refractivity contribution >= 4 is 17.2 Å². The summed E-state index contributed by atoms with van der Waals surface area (Å²) < 4.78 is 0. The Bertz CT molecular complexity index is 507. The smallest absolute Gasteiger partial charge is 0.254 e. The minimum atomic E-state index is 0.0753. The molecule has 1 amide bonds. The number of carbonyl (C=O) groups excluding carboxylic acids is 1. The fraction of sp³-hybridized carbons (Fsp3) is 0.533. The molecule has 1 saturated heterocycles. The van der Waals surface area contributed by atoms with Gasteiger partial charge in [0.25, 0.3) is 5.91 Å². The zero-order valence-electron chi connectivity index (χ0n) is 11.8. The van der Waals surface area contributed by atoms with Crippen LogP contribution in [0.4, 0.5) is 0 Å². The first kappa shape index (κ1) is 15.0. The summed E-state index contributed by atoms with van der Waals surface area (Å²) >= 11 is 1.48. The number of thiophene rings is 1. The fourth-order valence-electron chi connectivity index (χ4n) is 2.17. The van der Waals surface area contributed by atoms with Crippen LogP contribution in [0.2, 0.25) is 0 Å². The summed E-state index contributed by atoms with van der Waals surface area (Å²) in [6, 6.07) is 1.85. The van der Waals surface area contributed by atoms with Crippen LogP contribution in [0.3, 0.4) is 0 Å². The highest BCUT2D eigenvalue weighted by Crippen LogP contribution is 2.16. The predicted octanol–water partition coefficient (Wildman–Crippen LogP) is 1.26. The number of hydrogen-bond donors (Lipinski definition) is 1. The summed E-state index contributed by atoms with van der Waals surface area (Å²) in [6.07, 6.45) is 0.472. The van der Waals surface area contributed by atoms with Crippen LogP contribution in [-0.4, -0.2) is 60.1 Å². The van der Waals surface area contributed by atoms with Gasteiger partial charge in [0.05, 0.1) is 17.0 Å². The van der Waals surface area contributed by atoms with Gasteiger partial charge in [-0.15, -0.1) is 11.3 Å². The average molecular weight is 292 g/mol. The highest BCUT2D eigenvalue weighted by atomic mass is 32.1. The Labute approximate surface area is 124 Å². The van der Waals surface area contributed by atoms with E-state index in [9.17, 15) is 4.79 Å². The van der Waals surface area contributed by atoms with Crippen LogP contribution in [0.5, 0.6) is 0 Å². The molecule has 1 aromatic rings. The zero-order valence-corrected chi connectivity index (χ0v) is 12.6. The second-order valence-corrected chi connectivity index (χ2v) is 5.61. The molecule has 0 spiro atoms. The number of piperazine rings is 1. The van der Waals surface area contributed by atoms with Crippen molar-refractivity contribution in [3.05, 3.63) is 21.9 Å². The van der Waals surface area contributed by atoms with Crippen molar-refractivity contribution in [2.24, 2.45) is 0 Å².